The van der Waals surface area contributed by atoms with Crippen molar-refractivity contribution in [3.63, 3.8) is 0 Å². The molecule has 4 heteroatoms. The minimum Gasteiger partial charge on any atom is -0.370 e. The van der Waals surface area contributed by atoms with Crippen LogP contribution in [0.4, 0.5) is 8.78 Å². The Labute approximate surface area is 124 Å². The van der Waals surface area contributed by atoms with Gasteiger partial charge < -0.3 is 9.47 Å². The summed E-state index contributed by atoms with van der Waals surface area (Å²) in [4.78, 5) is 0. The number of ether oxygens (including phenoxy) is 2. The lowest BCUT2D eigenvalue weighted by Gasteiger charge is -2.53. The van der Waals surface area contributed by atoms with Crippen molar-refractivity contribution in [1.82, 2.24) is 0 Å². The van der Waals surface area contributed by atoms with E-state index in [0.717, 1.165) is 32.1 Å². The largest absolute Gasteiger partial charge is 0.370 e. The van der Waals surface area contributed by atoms with Gasteiger partial charge >= 0.3 is 0 Å². The van der Waals surface area contributed by atoms with Gasteiger partial charge in [0, 0.05) is 5.56 Å². The average Bonchev–Trinajstić information content (AvgIpc) is 2.39. The van der Waals surface area contributed by atoms with E-state index in [1.807, 2.05) is 0 Å². The number of hydrogen-bond donors (Lipinski definition) is 0. The molecule has 2 heterocycles. The molecule has 0 spiro atoms. The van der Waals surface area contributed by atoms with Crippen LogP contribution in [0, 0.1) is 11.6 Å². The van der Waals surface area contributed by atoms with Crippen molar-refractivity contribution in [2.24, 2.45) is 0 Å². The van der Waals surface area contributed by atoms with Crippen molar-refractivity contribution in [3.05, 3.63) is 35.4 Å². The monoisotopic (exact) mass is 296 g/mol. The number of rotatable bonds is 3. The third-order valence-electron chi connectivity index (χ3n) is 4.97. The van der Waals surface area contributed by atoms with Gasteiger partial charge in [-0.3, -0.25) is 0 Å². The highest BCUT2D eigenvalue weighted by atomic mass is 19.1. The first kappa shape index (κ1) is 14.9. The lowest BCUT2D eigenvalue weighted by Crippen LogP contribution is -2.57. The maximum absolute atomic E-state index is 13.7. The molecule has 0 aliphatic carbocycles. The Balaban J connectivity index is 1.71. The predicted octanol–water partition coefficient (Wildman–Crippen LogP) is 4.36. The molecule has 3 rings (SSSR count). The zero-order valence-corrected chi connectivity index (χ0v) is 12.6. The molecule has 2 fully saturated rings. The molecule has 0 aromatic heterocycles. The van der Waals surface area contributed by atoms with E-state index < -0.39 is 11.6 Å². The summed E-state index contributed by atoms with van der Waals surface area (Å²) in [6.45, 7) is 4.17. The van der Waals surface area contributed by atoms with Gasteiger partial charge in [-0.2, -0.15) is 0 Å². The number of halogens is 2. The van der Waals surface area contributed by atoms with Crippen molar-refractivity contribution in [2.45, 2.75) is 69.9 Å². The normalized spacial score (nSPS) is 35.7. The van der Waals surface area contributed by atoms with Crippen molar-refractivity contribution in [3.8, 4) is 0 Å². The standard InChI is InChI=1S/C17H22F2O2/c1-16-8-4-9-17(2,21-16)15(7-10-16)20-11-12-13(18)5-3-6-14(12)19/h3,5-6,15H,4,7-11H2,1-2H3. The zero-order valence-electron chi connectivity index (χ0n) is 12.6. The van der Waals surface area contributed by atoms with Gasteiger partial charge in [-0.1, -0.05) is 6.07 Å². The van der Waals surface area contributed by atoms with Crippen LogP contribution >= 0.6 is 0 Å². The molecule has 2 saturated heterocycles. The van der Waals surface area contributed by atoms with E-state index in [1.54, 1.807) is 0 Å². The summed E-state index contributed by atoms with van der Waals surface area (Å²) < 4.78 is 39.4. The van der Waals surface area contributed by atoms with Crippen LogP contribution < -0.4 is 0 Å². The first-order valence-corrected chi connectivity index (χ1v) is 7.67. The maximum Gasteiger partial charge on any atom is 0.131 e. The second-order valence-corrected chi connectivity index (χ2v) is 6.76. The van der Waals surface area contributed by atoms with E-state index in [-0.39, 0.29) is 29.5 Å². The van der Waals surface area contributed by atoms with Crippen LogP contribution in [0.5, 0.6) is 0 Å². The van der Waals surface area contributed by atoms with Crippen LogP contribution in [0.25, 0.3) is 0 Å². The lowest BCUT2D eigenvalue weighted by atomic mass is 9.75. The smallest absolute Gasteiger partial charge is 0.131 e. The first-order chi connectivity index (χ1) is 9.92. The van der Waals surface area contributed by atoms with E-state index in [0.29, 0.717) is 0 Å². The average molecular weight is 296 g/mol. The highest BCUT2D eigenvalue weighted by Crippen LogP contribution is 2.46. The maximum atomic E-state index is 13.7. The van der Waals surface area contributed by atoms with Gasteiger partial charge in [0.25, 0.3) is 0 Å². The molecule has 2 aliphatic heterocycles. The van der Waals surface area contributed by atoms with E-state index in [2.05, 4.69) is 13.8 Å². The van der Waals surface area contributed by atoms with Crippen molar-refractivity contribution in [1.29, 1.82) is 0 Å². The Hall–Kier alpha value is -1.00. The van der Waals surface area contributed by atoms with Crippen LogP contribution in [-0.2, 0) is 16.1 Å². The molecule has 2 bridgehead atoms. The highest BCUT2D eigenvalue weighted by Gasteiger charge is 2.49. The highest BCUT2D eigenvalue weighted by molar-refractivity contribution is 5.18. The zero-order chi connectivity index (χ0) is 15.1. The minimum atomic E-state index is -0.551. The van der Waals surface area contributed by atoms with E-state index in [4.69, 9.17) is 9.47 Å². The number of hydrogen-bond acceptors (Lipinski definition) is 2. The van der Waals surface area contributed by atoms with Crippen molar-refractivity contribution in [2.75, 3.05) is 0 Å². The van der Waals surface area contributed by atoms with Crippen LogP contribution in [0.3, 0.4) is 0 Å². The third-order valence-corrected chi connectivity index (χ3v) is 4.97. The van der Waals surface area contributed by atoms with Crippen LogP contribution in [-0.4, -0.2) is 17.3 Å². The van der Waals surface area contributed by atoms with Crippen LogP contribution in [0.2, 0.25) is 0 Å². The molecule has 3 unspecified atom stereocenters. The molecule has 2 nitrogen and oxygen atoms in total. The molecule has 1 aromatic carbocycles. The van der Waals surface area contributed by atoms with E-state index >= 15 is 0 Å². The fourth-order valence-electron chi connectivity index (χ4n) is 3.74. The second kappa shape index (κ2) is 5.33. The van der Waals surface area contributed by atoms with Gasteiger partial charge in [0.1, 0.15) is 11.6 Å². The quantitative estimate of drug-likeness (QED) is 0.825. The Bertz CT molecular complexity index is 513. The second-order valence-electron chi connectivity index (χ2n) is 6.76. The molecule has 0 amide bonds. The minimum absolute atomic E-state index is 0.00486. The SMILES string of the molecule is CC12CCCC(C)(O1)C(OCc1c(F)cccc1F)CC2. The summed E-state index contributed by atoms with van der Waals surface area (Å²) >= 11 is 0. The molecule has 0 N–H and O–H groups in total. The number of benzene rings is 1. The summed E-state index contributed by atoms with van der Waals surface area (Å²) in [6.07, 6.45) is 4.84. The Morgan fingerprint density at radius 2 is 1.90 bits per heavy atom. The summed E-state index contributed by atoms with van der Waals surface area (Å²) in [5, 5.41) is 0. The number of fused-ring (bicyclic) bond motifs is 2. The van der Waals surface area contributed by atoms with Gasteiger partial charge in [0.2, 0.25) is 0 Å². The third kappa shape index (κ3) is 2.84. The molecule has 2 aliphatic rings. The van der Waals surface area contributed by atoms with E-state index in [9.17, 15) is 8.78 Å². The topological polar surface area (TPSA) is 18.5 Å². The molecular formula is C17H22F2O2. The molecular weight excluding hydrogens is 274 g/mol. The Morgan fingerprint density at radius 1 is 1.19 bits per heavy atom. The van der Waals surface area contributed by atoms with Gasteiger partial charge in [-0.05, 0) is 58.1 Å². The Morgan fingerprint density at radius 3 is 2.62 bits per heavy atom. The Kier molecular flexibility index (Phi) is 3.78. The molecule has 0 saturated carbocycles. The van der Waals surface area contributed by atoms with Crippen LogP contribution in [0.15, 0.2) is 18.2 Å². The first-order valence-electron chi connectivity index (χ1n) is 7.67. The summed E-state index contributed by atoms with van der Waals surface area (Å²) in [6, 6.07) is 3.89. The summed E-state index contributed by atoms with van der Waals surface area (Å²) in [5.41, 5.74) is -0.395. The molecule has 1 aromatic rings. The van der Waals surface area contributed by atoms with Crippen LogP contribution in [0.1, 0.15) is 51.5 Å². The van der Waals surface area contributed by atoms with Gasteiger partial charge in [0.15, 0.2) is 0 Å². The molecule has 21 heavy (non-hydrogen) atoms. The molecule has 0 radical (unpaired) electrons. The molecule has 116 valence electrons. The lowest BCUT2D eigenvalue weighted by molar-refractivity contribution is -0.260. The molecule has 3 atom stereocenters. The van der Waals surface area contributed by atoms with Crippen molar-refractivity contribution >= 4 is 0 Å². The fraction of sp³-hybridized carbons (Fsp3) is 0.647. The summed E-state index contributed by atoms with van der Waals surface area (Å²) in [7, 11) is 0. The predicted molar refractivity (Wildman–Crippen MR) is 75.9 cm³/mol. The van der Waals surface area contributed by atoms with Gasteiger partial charge in [0.05, 0.1) is 23.9 Å². The fourth-order valence-corrected chi connectivity index (χ4v) is 3.74. The van der Waals surface area contributed by atoms with Gasteiger partial charge in [-0.15, -0.1) is 0 Å². The van der Waals surface area contributed by atoms with E-state index in [1.165, 1.54) is 18.2 Å². The summed E-state index contributed by atoms with van der Waals surface area (Å²) in [5.74, 6) is -1.10. The van der Waals surface area contributed by atoms with Crippen molar-refractivity contribution < 1.29 is 18.3 Å². The van der Waals surface area contributed by atoms with Gasteiger partial charge in [-0.25, -0.2) is 8.78 Å².